The van der Waals surface area contributed by atoms with E-state index in [-0.39, 0.29) is 11.7 Å². The summed E-state index contributed by atoms with van der Waals surface area (Å²) in [5.74, 6) is -0.111. The third-order valence-corrected chi connectivity index (χ3v) is 6.93. The molecule has 3 rings (SSSR count). The van der Waals surface area contributed by atoms with Crippen LogP contribution in [0.2, 0.25) is 0 Å². The molecule has 0 atom stereocenters. The van der Waals surface area contributed by atoms with Gasteiger partial charge in [-0.05, 0) is 94.1 Å². The molecule has 1 aromatic carbocycles. The minimum Gasteiger partial charge on any atom is -0.491 e. The largest absolute Gasteiger partial charge is 0.491 e. The lowest BCUT2D eigenvalue weighted by Gasteiger charge is -2.41. The van der Waals surface area contributed by atoms with Crippen molar-refractivity contribution in [3.8, 4) is 5.75 Å². The third-order valence-electron chi connectivity index (χ3n) is 6.93. The van der Waals surface area contributed by atoms with Gasteiger partial charge in [-0.2, -0.15) is 4.39 Å². The molecule has 2 nitrogen and oxygen atoms in total. The highest BCUT2D eigenvalue weighted by molar-refractivity contribution is 5.33. The Morgan fingerprint density at radius 3 is 2.19 bits per heavy atom. The molecule has 0 aliphatic heterocycles. The summed E-state index contributed by atoms with van der Waals surface area (Å²) in [4.78, 5) is 0. The van der Waals surface area contributed by atoms with E-state index in [9.17, 15) is 13.9 Å². The van der Waals surface area contributed by atoms with Gasteiger partial charge >= 0.3 is 0 Å². The molecule has 1 aromatic rings. The summed E-state index contributed by atoms with van der Waals surface area (Å²) >= 11 is 0. The average molecular weight is 381 g/mol. The van der Waals surface area contributed by atoms with Crippen LogP contribution in [0.1, 0.15) is 89.5 Å². The molecule has 0 saturated heterocycles. The van der Waals surface area contributed by atoms with Gasteiger partial charge in [-0.15, -0.1) is 0 Å². The Balaban J connectivity index is 1.56. The number of halogens is 2. The smallest absolute Gasteiger partial charge is 0.200 e. The number of ether oxygens (including phenoxy) is 1. The van der Waals surface area contributed by atoms with E-state index in [1.807, 2.05) is 0 Å². The van der Waals surface area contributed by atoms with Crippen molar-refractivity contribution in [2.45, 2.75) is 89.6 Å². The second-order valence-corrected chi connectivity index (χ2v) is 8.64. The van der Waals surface area contributed by atoms with Crippen molar-refractivity contribution in [3.05, 3.63) is 29.3 Å². The standard InChI is InChI=1S/C23H34F2O2/c1-3-13-23(26)14-11-17(12-15-23)16-5-7-18(8-6-16)19-9-10-20(27-4-2)22(25)21(19)24/h9-10,16-18,26H,3-8,11-15H2,1-2H3. The van der Waals surface area contributed by atoms with Gasteiger partial charge in [0, 0.05) is 0 Å². The Morgan fingerprint density at radius 2 is 1.59 bits per heavy atom. The van der Waals surface area contributed by atoms with Crippen LogP contribution in [0.4, 0.5) is 8.78 Å². The number of benzene rings is 1. The zero-order valence-electron chi connectivity index (χ0n) is 16.8. The van der Waals surface area contributed by atoms with Crippen LogP contribution in [0.3, 0.4) is 0 Å². The van der Waals surface area contributed by atoms with Crippen LogP contribution in [0.5, 0.6) is 5.75 Å². The van der Waals surface area contributed by atoms with Gasteiger partial charge in [0.25, 0.3) is 0 Å². The first-order valence-electron chi connectivity index (χ1n) is 10.8. The van der Waals surface area contributed by atoms with Crippen LogP contribution in [-0.4, -0.2) is 17.3 Å². The fourth-order valence-corrected chi connectivity index (χ4v) is 5.39. The third kappa shape index (κ3) is 4.64. The fourth-order valence-electron chi connectivity index (χ4n) is 5.39. The first-order chi connectivity index (χ1) is 13.0. The minimum absolute atomic E-state index is 0.00853. The Hall–Kier alpha value is -1.16. The minimum atomic E-state index is -0.848. The molecule has 27 heavy (non-hydrogen) atoms. The van der Waals surface area contributed by atoms with E-state index in [1.54, 1.807) is 19.1 Å². The van der Waals surface area contributed by atoms with Crippen molar-refractivity contribution in [3.63, 3.8) is 0 Å². The lowest BCUT2D eigenvalue weighted by molar-refractivity contribution is -0.0273. The van der Waals surface area contributed by atoms with Gasteiger partial charge in [0.15, 0.2) is 11.6 Å². The van der Waals surface area contributed by atoms with E-state index in [0.717, 1.165) is 64.2 Å². The van der Waals surface area contributed by atoms with Gasteiger partial charge in [0.1, 0.15) is 0 Å². The van der Waals surface area contributed by atoms with Crippen molar-refractivity contribution in [1.82, 2.24) is 0 Å². The molecule has 0 unspecified atom stereocenters. The first kappa shape index (κ1) is 20.6. The van der Waals surface area contributed by atoms with Crippen LogP contribution in [0.15, 0.2) is 12.1 Å². The summed E-state index contributed by atoms with van der Waals surface area (Å²) < 4.78 is 33.8. The van der Waals surface area contributed by atoms with Gasteiger partial charge < -0.3 is 9.84 Å². The van der Waals surface area contributed by atoms with Gasteiger partial charge in [0.2, 0.25) is 5.82 Å². The van der Waals surface area contributed by atoms with Crippen molar-refractivity contribution < 1.29 is 18.6 Å². The van der Waals surface area contributed by atoms with Crippen LogP contribution in [0.25, 0.3) is 0 Å². The molecule has 0 amide bonds. The van der Waals surface area contributed by atoms with E-state index in [0.29, 0.717) is 24.0 Å². The molecule has 0 bridgehead atoms. The molecule has 0 aromatic heterocycles. The maximum absolute atomic E-state index is 14.5. The molecule has 152 valence electrons. The Labute approximate surface area is 162 Å². The zero-order valence-corrected chi connectivity index (χ0v) is 16.8. The molecule has 1 N–H and O–H groups in total. The van der Waals surface area contributed by atoms with Crippen LogP contribution >= 0.6 is 0 Å². The highest BCUT2D eigenvalue weighted by Crippen LogP contribution is 2.46. The molecule has 2 aliphatic carbocycles. The second kappa shape index (κ2) is 8.89. The highest BCUT2D eigenvalue weighted by atomic mass is 19.2. The van der Waals surface area contributed by atoms with Crippen molar-refractivity contribution in [2.24, 2.45) is 11.8 Å². The number of hydrogen-bond acceptors (Lipinski definition) is 2. The van der Waals surface area contributed by atoms with Crippen molar-refractivity contribution >= 4 is 0 Å². The molecule has 2 aliphatic rings. The lowest BCUT2D eigenvalue weighted by Crippen LogP contribution is -2.36. The molecule has 0 spiro atoms. The maximum Gasteiger partial charge on any atom is 0.200 e. The number of hydrogen-bond donors (Lipinski definition) is 1. The summed E-state index contributed by atoms with van der Waals surface area (Å²) in [6, 6.07) is 3.28. The Bertz CT molecular complexity index is 615. The zero-order chi connectivity index (χ0) is 19.4. The molecule has 0 heterocycles. The van der Waals surface area contributed by atoms with Gasteiger partial charge in [-0.25, -0.2) is 4.39 Å². The lowest BCUT2D eigenvalue weighted by atomic mass is 9.67. The highest BCUT2D eigenvalue weighted by Gasteiger charge is 2.37. The predicted octanol–water partition coefficient (Wildman–Crippen LogP) is 6.36. The summed E-state index contributed by atoms with van der Waals surface area (Å²) in [5.41, 5.74) is 0.0705. The second-order valence-electron chi connectivity index (χ2n) is 8.64. The van der Waals surface area contributed by atoms with Crippen LogP contribution in [0, 0.1) is 23.5 Å². The molecular formula is C23H34F2O2. The quantitative estimate of drug-likeness (QED) is 0.622. The normalized spacial score (nSPS) is 31.7. The Kier molecular flexibility index (Phi) is 6.78. The van der Waals surface area contributed by atoms with E-state index in [1.165, 1.54) is 0 Å². The van der Waals surface area contributed by atoms with Crippen LogP contribution < -0.4 is 4.74 Å². The maximum atomic E-state index is 14.5. The number of aliphatic hydroxyl groups is 1. The Morgan fingerprint density at radius 1 is 0.963 bits per heavy atom. The molecule has 4 heteroatoms. The first-order valence-corrected chi connectivity index (χ1v) is 10.8. The van der Waals surface area contributed by atoms with Crippen molar-refractivity contribution in [1.29, 1.82) is 0 Å². The molecule has 0 radical (unpaired) electrons. The molecule has 2 fully saturated rings. The number of rotatable bonds is 6. The predicted molar refractivity (Wildman–Crippen MR) is 104 cm³/mol. The van der Waals surface area contributed by atoms with Gasteiger partial charge in [-0.3, -0.25) is 0 Å². The average Bonchev–Trinajstić information content (AvgIpc) is 2.67. The summed E-state index contributed by atoms with van der Waals surface area (Å²) in [7, 11) is 0. The topological polar surface area (TPSA) is 29.5 Å². The van der Waals surface area contributed by atoms with Gasteiger partial charge in [-0.1, -0.05) is 19.4 Å². The van der Waals surface area contributed by atoms with E-state index < -0.39 is 17.2 Å². The molecular weight excluding hydrogens is 346 g/mol. The summed E-state index contributed by atoms with van der Waals surface area (Å²) in [5, 5.41) is 10.6. The summed E-state index contributed by atoms with van der Waals surface area (Å²) in [6.07, 6.45) is 10.0. The van der Waals surface area contributed by atoms with E-state index in [2.05, 4.69) is 6.92 Å². The molecule has 2 saturated carbocycles. The fraction of sp³-hybridized carbons (Fsp3) is 0.739. The van der Waals surface area contributed by atoms with E-state index in [4.69, 9.17) is 4.74 Å². The van der Waals surface area contributed by atoms with Gasteiger partial charge in [0.05, 0.1) is 12.2 Å². The summed E-state index contributed by atoms with van der Waals surface area (Å²) in [6.45, 7) is 4.23. The van der Waals surface area contributed by atoms with Crippen molar-refractivity contribution in [2.75, 3.05) is 6.61 Å². The SMILES string of the molecule is CCCC1(O)CCC(C2CCC(c3ccc(OCC)c(F)c3F)CC2)CC1. The van der Waals surface area contributed by atoms with E-state index >= 15 is 0 Å². The monoisotopic (exact) mass is 380 g/mol. The van der Waals surface area contributed by atoms with Crippen LogP contribution in [-0.2, 0) is 0 Å².